The van der Waals surface area contributed by atoms with Gasteiger partial charge in [-0.1, -0.05) is 29.4 Å². The number of para-hydroxylation sites is 1. The number of aromatic amines is 1. The zero-order chi connectivity index (χ0) is 18.2. The highest BCUT2D eigenvalue weighted by Gasteiger charge is 2.05. The summed E-state index contributed by atoms with van der Waals surface area (Å²) in [6.07, 6.45) is 3.25. The molecule has 1 heterocycles. The molecule has 0 bridgehead atoms. The van der Waals surface area contributed by atoms with Crippen LogP contribution in [0.25, 0.3) is 10.9 Å². The van der Waals surface area contributed by atoms with Crippen LogP contribution in [0.4, 0.5) is 5.69 Å². The summed E-state index contributed by atoms with van der Waals surface area (Å²) < 4.78 is 0. The Morgan fingerprint density at radius 3 is 2.60 bits per heavy atom. The van der Waals surface area contributed by atoms with Crippen molar-refractivity contribution < 1.29 is 25.0 Å². The first-order valence-electron chi connectivity index (χ1n) is 7.05. The first-order chi connectivity index (χ1) is 12.0. The summed E-state index contributed by atoms with van der Waals surface area (Å²) in [5.41, 5.74) is 1.48. The van der Waals surface area contributed by atoms with Crippen molar-refractivity contribution >= 4 is 28.8 Å². The second-order valence-corrected chi connectivity index (χ2v) is 4.82. The third-order valence-electron chi connectivity index (χ3n) is 3.23. The molecule has 0 aliphatic carbocycles. The van der Waals surface area contributed by atoms with E-state index in [2.05, 4.69) is 10.1 Å². The van der Waals surface area contributed by atoms with E-state index in [4.69, 9.17) is 5.21 Å². The van der Waals surface area contributed by atoms with Gasteiger partial charge in [0.1, 0.15) is 0 Å². The van der Waals surface area contributed by atoms with Crippen molar-refractivity contribution in [2.45, 2.75) is 0 Å². The fourth-order valence-electron chi connectivity index (χ4n) is 2.09. The highest BCUT2D eigenvalue weighted by atomic mass is 16.6. The van der Waals surface area contributed by atoms with Gasteiger partial charge in [-0.05, 0) is 6.07 Å². The Morgan fingerprint density at radius 1 is 1.16 bits per heavy atom. The second-order valence-electron chi connectivity index (χ2n) is 4.82. The molecule has 0 saturated carbocycles. The van der Waals surface area contributed by atoms with Crippen molar-refractivity contribution in [3.8, 4) is 0 Å². The van der Waals surface area contributed by atoms with Crippen LogP contribution in [0.5, 0.6) is 0 Å². The summed E-state index contributed by atoms with van der Waals surface area (Å²) >= 11 is 0. The number of benzene rings is 2. The largest absolute Gasteiger partial charge is 0.545 e. The average Bonchev–Trinajstić information content (AvgIpc) is 2.63. The summed E-state index contributed by atoms with van der Waals surface area (Å²) in [5, 5.41) is 32.9. The van der Waals surface area contributed by atoms with Gasteiger partial charge in [0.05, 0.1) is 22.5 Å². The number of hydrogen-bond acceptors (Lipinski definition) is 6. The van der Waals surface area contributed by atoms with Gasteiger partial charge in [-0.3, -0.25) is 10.1 Å². The number of nitro groups is 1. The van der Waals surface area contributed by atoms with Crippen LogP contribution in [0.3, 0.4) is 0 Å². The Kier molecular flexibility index (Phi) is 5.72. The summed E-state index contributed by atoms with van der Waals surface area (Å²) in [7, 11) is 0. The topological polar surface area (TPSA) is 130 Å². The Balaban J connectivity index is 0.000000181. The standard InChI is InChI=1S/C10H8N2O.C7H5NO4/c13-12-7-8-5-6-11-10-4-2-1-3-9(8)10;9-7(10)5-2-1-3-6(4-5)8(11)12/h1-7,13H;1-4H,(H,9,10)/b12-7+;. The van der Waals surface area contributed by atoms with Gasteiger partial charge in [-0.15, -0.1) is 0 Å². The number of rotatable bonds is 3. The van der Waals surface area contributed by atoms with Crippen LogP contribution in [0, 0.1) is 10.1 Å². The lowest BCUT2D eigenvalue weighted by molar-refractivity contribution is -0.385. The molecule has 0 aliphatic rings. The second kappa shape index (κ2) is 8.16. The van der Waals surface area contributed by atoms with E-state index in [1.54, 1.807) is 0 Å². The monoisotopic (exact) mass is 339 g/mol. The number of carbonyl (C=O) groups excluding carboxylic acids is 1. The molecule has 8 heteroatoms. The number of carboxylic acids is 1. The number of carboxylic acid groups (broad SMARTS) is 1. The lowest BCUT2D eigenvalue weighted by atomic mass is 10.1. The molecule has 2 aromatic carbocycles. The highest BCUT2D eigenvalue weighted by Crippen LogP contribution is 2.12. The van der Waals surface area contributed by atoms with Crippen molar-refractivity contribution in [3.63, 3.8) is 0 Å². The number of pyridine rings is 1. The average molecular weight is 339 g/mol. The number of aromatic carboxylic acids is 1. The van der Waals surface area contributed by atoms with E-state index in [1.807, 2.05) is 36.5 Å². The fraction of sp³-hybridized carbons (Fsp3) is 0. The minimum Gasteiger partial charge on any atom is -0.545 e. The molecule has 0 spiro atoms. The highest BCUT2D eigenvalue weighted by molar-refractivity contribution is 5.96. The first-order valence-corrected chi connectivity index (χ1v) is 7.05. The van der Waals surface area contributed by atoms with E-state index < -0.39 is 10.9 Å². The van der Waals surface area contributed by atoms with Gasteiger partial charge in [0.25, 0.3) is 5.69 Å². The maximum absolute atomic E-state index is 10.2. The third-order valence-corrected chi connectivity index (χ3v) is 3.23. The molecule has 8 nitrogen and oxygen atoms in total. The molecule has 1 aromatic heterocycles. The number of nitro benzene ring substituents is 1. The van der Waals surface area contributed by atoms with Crippen LogP contribution in [0.1, 0.15) is 15.9 Å². The normalized spacial score (nSPS) is 10.2. The first kappa shape index (κ1) is 17.5. The minimum absolute atomic E-state index is 0.191. The quantitative estimate of drug-likeness (QED) is 0.334. The lowest BCUT2D eigenvalue weighted by Gasteiger charge is -1.99. The summed E-state index contributed by atoms with van der Waals surface area (Å²) in [4.78, 5) is 22.9. The molecule has 126 valence electrons. The predicted octanol–water partition coefficient (Wildman–Crippen LogP) is 1.42. The Bertz CT molecular complexity index is 906. The molecule has 0 saturated heterocycles. The molecular weight excluding hydrogens is 326 g/mol. The van der Waals surface area contributed by atoms with Gasteiger partial charge in [0.15, 0.2) is 6.20 Å². The molecule has 0 unspecified atom stereocenters. The van der Waals surface area contributed by atoms with E-state index in [0.717, 1.165) is 22.5 Å². The van der Waals surface area contributed by atoms with Gasteiger partial charge in [0, 0.05) is 35.4 Å². The van der Waals surface area contributed by atoms with Gasteiger partial charge < -0.3 is 15.1 Å². The van der Waals surface area contributed by atoms with Gasteiger partial charge >= 0.3 is 0 Å². The maximum atomic E-state index is 10.2. The molecular formula is C17H13N3O5. The van der Waals surface area contributed by atoms with E-state index in [9.17, 15) is 20.0 Å². The number of carbonyl (C=O) groups is 1. The molecule has 3 aromatic rings. The Morgan fingerprint density at radius 2 is 1.92 bits per heavy atom. The lowest BCUT2D eigenvalue weighted by Crippen LogP contribution is -2.22. The number of hydrogen-bond donors (Lipinski definition) is 1. The van der Waals surface area contributed by atoms with Gasteiger partial charge in [-0.2, -0.15) is 0 Å². The molecule has 3 rings (SSSR count). The van der Waals surface area contributed by atoms with Crippen LogP contribution in [0.2, 0.25) is 0 Å². The summed E-state index contributed by atoms with van der Waals surface area (Å²) in [6, 6.07) is 14.4. The van der Waals surface area contributed by atoms with Crippen LogP contribution >= 0.6 is 0 Å². The molecule has 25 heavy (non-hydrogen) atoms. The summed E-state index contributed by atoms with van der Waals surface area (Å²) in [5.74, 6) is -1.42. The van der Waals surface area contributed by atoms with Crippen molar-refractivity contribution in [2.24, 2.45) is 5.16 Å². The third kappa shape index (κ3) is 4.58. The van der Waals surface area contributed by atoms with Gasteiger partial charge in [0.2, 0.25) is 5.52 Å². The zero-order valence-electron chi connectivity index (χ0n) is 12.8. The van der Waals surface area contributed by atoms with Crippen LogP contribution in [0.15, 0.2) is 65.9 Å². The fourth-order valence-corrected chi connectivity index (χ4v) is 2.09. The molecule has 0 atom stereocenters. The molecule has 0 radical (unpaired) electrons. The van der Waals surface area contributed by atoms with E-state index >= 15 is 0 Å². The molecule has 0 fully saturated rings. The smallest absolute Gasteiger partial charge is 0.270 e. The number of H-pyrrole nitrogens is 1. The molecule has 2 N–H and O–H groups in total. The maximum Gasteiger partial charge on any atom is 0.270 e. The Labute approximate surface area is 141 Å². The predicted molar refractivity (Wildman–Crippen MR) is 87.3 cm³/mol. The molecule has 0 aliphatic heterocycles. The van der Waals surface area contributed by atoms with Crippen LogP contribution < -0.4 is 10.1 Å². The number of non-ortho nitro benzene ring substituents is 1. The number of oxime groups is 1. The van der Waals surface area contributed by atoms with Crippen LogP contribution in [-0.4, -0.2) is 22.3 Å². The SMILES string of the molecule is O/N=C/c1cc[nH+]c2ccccc12.O=C([O-])c1cccc([N+](=O)[O-])c1. The minimum atomic E-state index is -1.42. The van der Waals surface area contributed by atoms with Gasteiger partial charge in [-0.25, -0.2) is 4.98 Å². The van der Waals surface area contributed by atoms with Crippen molar-refractivity contribution in [2.75, 3.05) is 0 Å². The number of nitrogens with one attached hydrogen (secondary N) is 1. The van der Waals surface area contributed by atoms with E-state index in [1.165, 1.54) is 24.4 Å². The number of fused-ring (bicyclic) bond motifs is 1. The van der Waals surface area contributed by atoms with Crippen molar-refractivity contribution in [1.82, 2.24) is 0 Å². The van der Waals surface area contributed by atoms with E-state index in [-0.39, 0.29) is 11.3 Å². The van der Waals surface area contributed by atoms with Crippen molar-refractivity contribution in [3.05, 3.63) is 82.0 Å². The van der Waals surface area contributed by atoms with E-state index in [0.29, 0.717) is 0 Å². The summed E-state index contributed by atoms with van der Waals surface area (Å²) in [6.45, 7) is 0. The Hall–Kier alpha value is -3.81. The zero-order valence-corrected chi connectivity index (χ0v) is 12.8. The van der Waals surface area contributed by atoms with Crippen LogP contribution in [-0.2, 0) is 0 Å². The number of nitrogens with zero attached hydrogens (tertiary/aromatic N) is 2. The molecule has 0 amide bonds. The number of aromatic nitrogens is 1. The van der Waals surface area contributed by atoms with Crippen molar-refractivity contribution in [1.29, 1.82) is 0 Å².